The fourth-order valence-corrected chi connectivity index (χ4v) is 10.3. The Labute approximate surface area is 181 Å². The van der Waals surface area contributed by atoms with Crippen LogP contribution in [0.1, 0.15) is 72.6 Å². The van der Waals surface area contributed by atoms with Crippen molar-refractivity contribution in [1.82, 2.24) is 4.90 Å². The molecule has 0 amide bonds. The Morgan fingerprint density at radius 1 is 1.07 bits per heavy atom. The van der Waals surface area contributed by atoms with Crippen LogP contribution in [0.25, 0.3) is 0 Å². The van der Waals surface area contributed by atoms with Crippen LogP contribution in [-0.4, -0.2) is 29.3 Å². The van der Waals surface area contributed by atoms with Gasteiger partial charge in [0.25, 0.3) is 0 Å². The summed E-state index contributed by atoms with van der Waals surface area (Å²) < 4.78 is 5.85. The molecule has 0 aromatic rings. The molecule has 3 heteroatoms. The Morgan fingerprint density at radius 3 is 2.73 bits per heavy atom. The molecule has 2 saturated heterocycles. The van der Waals surface area contributed by atoms with E-state index < -0.39 is 0 Å². The fraction of sp³-hybridized carbons (Fsp3) is 0.815. The molecule has 3 nitrogen and oxygen atoms in total. The number of allylic oxidation sites excluding steroid dienone is 2. The van der Waals surface area contributed by atoms with Gasteiger partial charge in [0.2, 0.25) is 11.5 Å². The van der Waals surface area contributed by atoms with E-state index in [9.17, 15) is 4.79 Å². The van der Waals surface area contributed by atoms with Crippen molar-refractivity contribution in [2.24, 2.45) is 46.3 Å². The van der Waals surface area contributed by atoms with Crippen molar-refractivity contribution in [2.45, 2.75) is 84.7 Å². The summed E-state index contributed by atoms with van der Waals surface area (Å²) in [5.74, 6) is 6.82. The zero-order valence-corrected chi connectivity index (χ0v) is 19.1. The molecular formula is C27H37NO2. The van der Waals surface area contributed by atoms with Gasteiger partial charge in [-0.05, 0) is 98.9 Å². The number of rotatable bonds is 0. The molecule has 10 atom stereocenters. The van der Waals surface area contributed by atoms with Gasteiger partial charge in [-0.1, -0.05) is 26.3 Å². The highest BCUT2D eigenvalue weighted by Gasteiger charge is 2.68. The lowest BCUT2D eigenvalue weighted by Gasteiger charge is -2.56. The fourth-order valence-electron chi connectivity index (χ4n) is 10.3. The van der Waals surface area contributed by atoms with Crippen molar-refractivity contribution >= 4 is 5.78 Å². The maximum absolute atomic E-state index is 12.3. The van der Waals surface area contributed by atoms with Gasteiger partial charge in [-0.3, -0.25) is 9.69 Å². The molecule has 7 rings (SSSR count). The third-order valence-electron chi connectivity index (χ3n) is 11.6. The first-order valence-corrected chi connectivity index (χ1v) is 12.8. The van der Waals surface area contributed by atoms with Crippen LogP contribution in [0.3, 0.4) is 0 Å². The number of hydrogen-bond donors (Lipinski definition) is 0. The van der Waals surface area contributed by atoms with E-state index in [0.717, 1.165) is 53.9 Å². The van der Waals surface area contributed by atoms with Crippen LogP contribution in [0, 0.1) is 46.3 Å². The van der Waals surface area contributed by atoms with Crippen LogP contribution in [0.2, 0.25) is 0 Å². The van der Waals surface area contributed by atoms with E-state index in [2.05, 4.69) is 32.6 Å². The summed E-state index contributed by atoms with van der Waals surface area (Å²) in [5.41, 5.74) is 1.90. The Kier molecular flexibility index (Phi) is 3.47. The summed E-state index contributed by atoms with van der Waals surface area (Å²) in [4.78, 5) is 15.3. The van der Waals surface area contributed by atoms with Gasteiger partial charge in [-0.15, -0.1) is 0 Å². The van der Waals surface area contributed by atoms with Crippen LogP contribution in [0.15, 0.2) is 23.2 Å². The molecule has 3 saturated carbocycles. The molecule has 0 radical (unpaired) electrons. The standard InChI is InChI=1S/C27H37NO2/c1-14-5-8-20-15(2)23-21(28(20)13-14)12-19-17-7-6-16-11-22(29)24-25(30-24)27(16,4)18(17)9-10-26(19,23)3/h11,14-15,17-21,23H,5-10,12-13H2,1-4H3/t14-,15+,17+,18-,19-,20+,21-,23-,26-,27-/m0/s1. The predicted octanol–water partition coefficient (Wildman–Crippen LogP) is 5.32. The van der Waals surface area contributed by atoms with Crippen molar-refractivity contribution in [3.05, 3.63) is 23.2 Å². The van der Waals surface area contributed by atoms with E-state index in [0.29, 0.717) is 17.1 Å². The molecule has 0 bridgehead atoms. The minimum atomic E-state index is 0.0129. The number of carbonyl (C=O) groups is 1. The average Bonchev–Trinajstić information content (AvgIpc) is 3.41. The van der Waals surface area contributed by atoms with Gasteiger partial charge >= 0.3 is 0 Å². The van der Waals surface area contributed by atoms with E-state index in [4.69, 9.17) is 4.74 Å². The van der Waals surface area contributed by atoms with Crippen LogP contribution >= 0.6 is 0 Å². The second kappa shape index (κ2) is 5.63. The SMILES string of the molecule is C[C@H]1CC[C@@H]2[C@@H](C)[C@H]3[C@H](C[C@H]4[C@@H]5CCC6=CC(=O)C7=C(O7)[C@]6(C)[C@H]5CC[C@]34C)N2C1. The average molecular weight is 408 g/mol. The monoisotopic (exact) mass is 407 g/mol. The first-order valence-electron chi connectivity index (χ1n) is 12.8. The second-order valence-electron chi connectivity index (χ2n) is 12.6. The quantitative estimate of drug-likeness (QED) is 0.544. The number of hydrogen-bond acceptors (Lipinski definition) is 3. The van der Waals surface area contributed by atoms with E-state index >= 15 is 0 Å². The van der Waals surface area contributed by atoms with Crippen molar-refractivity contribution < 1.29 is 9.53 Å². The molecular weight excluding hydrogens is 370 g/mol. The highest BCUT2D eigenvalue weighted by molar-refractivity contribution is 6.07. The Morgan fingerprint density at radius 2 is 1.90 bits per heavy atom. The van der Waals surface area contributed by atoms with Crippen molar-refractivity contribution in [2.75, 3.05) is 6.54 Å². The summed E-state index contributed by atoms with van der Waals surface area (Å²) in [7, 11) is 0. The summed E-state index contributed by atoms with van der Waals surface area (Å²) in [5, 5.41) is 0. The van der Waals surface area contributed by atoms with Gasteiger partial charge in [0, 0.05) is 18.6 Å². The third kappa shape index (κ3) is 2.01. The minimum absolute atomic E-state index is 0.0129. The van der Waals surface area contributed by atoms with Crippen LogP contribution < -0.4 is 0 Å². The molecule has 4 aliphatic carbocycles. The van der Waals surface area contributed by atoms with E-state index in [1.54, 1.807) is 0 Å². The van der Waals surface area contributed by atoms with E-state index in [1.807, 2.05) is 6.08 Å². The maximum Gasteiger partial charge on any atom is 0.224 e. The zero-order chi connectivity index (χ0) is 20.6. The molecule has 3 aliphatic heterocycles. The molecule has 0 spiro atoms. The van der Waals surface area contributed by atoms with Crippen LogP contribution in [0.4, 0.5) is 0 Å². The van der Waals surface area contributed by atoms with Crippen LogP contribution in [-0.2, 0) is 9.53 Å². The number of fused-ring (bicyclic) bond motifs is 10. The van der Waals surface area contributed by atoms with Gasteiger partial charge in [-0.25, -0.2) is 0 Å². The first kappa shape index (κ1) is 18.5. The molecule has 0 unspecified atom stereocenters. The van der Waals surface area contributed by atoms with Crippen molar-refractivity contribution in [1.29, 1.82) is 0 Å². The smallest absolute Gasteiger partial charge is 0.224 e. The second-order valence-corrected chi connectivity index (χ2v) is 12.6. The van der Waals surface area contributed by atoms with Gasteiger partial charge in [0.1, 0.15) is 0 Å². The lowest BCUT2D eigenvalue weighted by atomic mass is 9.47. The summed E-state index contributed by atoms with van der Waals surface area (Å²) in [6, 6.07) is 1.67. The zero-order valence-electron chi connectivity index (χ0n) is 19.1. The van der Waals surface area contributed by atoms with E-state index in [-0.39, 0.29) is 11.2 Å². The predicted molar refractivity (Wildman–Crippen MR) is 116 cm³/mol. The topological polar surface area (TPSA) is 32.8 Å². The number of ketones is 1. The van der Waals surface area contributed by atoms with Gasteiger partial charge in [0.15, 0.2) is 5.76 Å². The number of nitrogens with zero attached hydrogens (tertiary/aromatic N) is 1. The third-order valence-corrected chi connectivity index (χ3v) is 11.6. The number of piperidine rings is 1. The van der Waals surface area contributed by atoms with Gasteiger partial charge < -0.3 is 4.74 Å². The van der Waals surface area contributed by atoms with Gasteiger partial charge in [-0.2, -0.15) is 0 Å². The van der Waals surface area contributed by atoms with Gasteiger partial charge in [0.05, 0.1) is 5.41 Å². The Bertz CT molecular complexity index is 903. The summed E-state index contributed by atoms with van der Waals surface area (Å²) >= 11 is 0. The maximum atomic E-state index is 12.3. The normalized spacial score (nSPS) is 56.1. The lowest BCUT2D eigenvalue weighted by Crippen LogP contribution is -2.51. The molecule has 5 fully saturated rings. The summed E-state index contributed by atoms with van der Waals surface area (Å²) in [6.45, 7) is 11.5. The molecule has 7 aliphatic rings. The molecule has 0 aromatic carbocycles. The highest BCUT2D eigenvalue weighted by Crippen LogP contribution is 2.71. The summed E-state index contributed by atoms with van der Waals surface area (Å²) in [6.07, 6.45) is 11.3. The van der Waals surface area contributed by atoms with Crippen LogP contribution in [0.5, 0.6) is 0 Å². The molecule has 3 heterocycles. The minimum Gasteiger partial charge on any atom is -0.449 e. The Hall–Kier alpha value is -1.09. The molecule has 162 valence electrons. The first-order chi connectivity index (χ1) is 14.3. The molecule has 0 N–H and O–H groups in total. The lowest BCUT2D eigenvalue weighted by molar-refractivity contribution is -0.112. The molecule has 30 heavy (non-hydrogen) atoms. The van der Waals surface area contributed by atoms with Crippen molar-refractivity contribution in [3.63, 3.8) is 0 Å². The molecule has 0 aromatic heterocycles. The number of ether oxygens (including phenoxy) is 1. The number of carbonyl (C=O) groups excluding carboxylic acids is 1. The van der Waals surface area contributed by atoms with Crippen molar-refractivity contribution in [3.8, 4) is 0 Å². The largest absolute Gasteiger partial charge is 0.449 e. The van der Waals surface area contributed by atoms with E-state index in [1.165, 1.54) is 50.6 Å². The highest BCUT2D eigenvalue weighted by atomic mass is 16.6. The Balaban J connectivity index is 1.24.